The zero-order valence-corrected chi connectivity index (χ0v) is 16.6. The van der Waals surface area contributed by atoms with Gasteiger partial charge in [0.25, 0.3) is 0 Å². The van der Waals surface area contributed by atoms with Gasteiger partial charge in [0.15, 0.2) is 5.76 Å². The van der Waals surface area contributed by atoms with Gasteiger partial charge in [-0.15, -0.1) is 0 Å². The lowest BCUT2D eigenvalue weighted by Gasteiger charge is -2.08. The van der Waals surface area contributed by atoms with Crippen molar-refractivity contribution in [1.82, 2.24) is 5.16 Å². The van der Waals surface area contributed by atoms with Crippen LogP contribution in [0, 0.1) is 12.7 Å². The second-order valence-electron chi connectivity index (χ2n) is 5.70. The van der Waals surface area contributed by atoms with Crippen LogP contribution in [-0.4, -0.2) is 17.9 Å². The van der Waals surface area contributed by atoms with Crippen molar-refractivity contribution in [3.8, 4) is 11.3 Å². The molecule has 3 rings (SSSR count). The van der Waals surface area contributed by atoms with E-state index in [1.54, 1.807) is 25.1 Å². The lowest BCUT2D eigenvalue weighted by molar-refractivity contribution is 0.163. The number of nitrogens with zero attached hydrogens (tertiary/aromatic N) is 1. The predicted octanol–water partition coefficient (Wildman–Crippen LogP) is 6.00. The topological polar surface area (TPSA) is 64.4 Å². The number of amides is 1. The summed E-state index contributed by atoms with van der Waals surface area (Å²) < 4.78 is 24.6. The third-order valence-electron chi connectivity index (χ3n) is 3.83. The van der Waals surface area contributed by atoms with Crippen LogP contribution >= 0.6 is 27.5 Å². The molecule has 140 valence electrons. The van der Waals surface area contributed by atoms with Crippen molar-refractivity contribution in [1.29, 1.82) is 0 Å². The Morgan fingerprint density at radius 1 is 1.33 bits per heavy atom. The molecule has 0 aliphatic rings. The highest BCUT2D eigenvalue weighted by Crippen LogP contribution is 2.32. The fraction of sp³-hybridized carbons (Fsp3) is 0.158. The molecule has 0 bridgehead atoms. The highest BCUT2D eigenvalue weighted by molar-refractivity contribution is 9.10. The Balaban J connectivity index is 1.67. The maximum absolute atomic E-state index is 13.8. The molecular formula is C19H15BrClFN2O3. The molecule has 0 aliphatic heterocycles. The molecule has 0 atom stereocenters. The van der Waals surface area contributed by atoms with Crippen LogP contribution in [0.3, 0.4) is 0 Å². The van der Waals surface area contributed by atoms with Crippen molar-refractivity contribution in [2.45, 2.75) is 13.3 Å². The molecule has 1 heterocycles. The molecular weight excluding hydrogens is 439 g/mol. The largest absolute Gasteiger partial charge is 0.449 e. The number of carbonyl (C=O) groups excluding carboxylic acids is 1. The molecule has 0 radical (unpaired) electrons. The van der Waals surface area contributed by atoms with E-state index < -0.39 is 11.9 Å². The molecule has 1 amide bonds. The molecule has 1 N–H and O–H groups in total. The van der Waals surface area contributed by atoms with Crippen molar-refractivity contribution in [2.24, 2.45) is 0 Å². The van der Waals surface area contributed by atoms with Crippen LogP contribution in [0.1, 0.15) is 11.3 Å². The minimum absolute atomic E-state index is 0.155. The highest BCUT2D eigenvalue weighted by atomic mass is 79.9. The van der Waals surface area contributed by atoms with Gasteiger partial charge < -0.3 is 9.26 Å². The van der Waals surface area contributed by atoms with Crippen LogP contribution in [-0.2, 0) is 11.2 Å². The number of rotatable bonds is 5. The molecule has 0 aliphatic carbocycles. The van der Waals surface area contributed by atoms with Gasteiger partial charge in [-0.3, -0.25) is 5.32 Å². The van der Waals surface area contributed by atoms with Gasteiger partial charge in [0.1, 0.15) is 17.2 Å². The summed E-state index contributed by atoms with van der Waals surface area (Å²) in [6, 6.07) is 11.8. The predicted molar refractivity (Wildman–Crippen MR) is 104 cm³/mol. The first-order valence-electron chi connectivity index (χ1n) is 8.04. The van der Waals surface area contributed by atoms with E-state index in [0.717, 1.165) is 5.56 Å². The summed E-state index contributed by atoms with van der Waals surface area (Å²) in [5.74, 6) is -0.197. The van der Waals surface area contributed by atoms with Crippen molar-refractivity contribution in [2.75, 3.05) is 11.9 Å². The highest BCUT2D eigenvalue weighted by Gasteiger charge is 2.19. The Hall–Kier alpha value is -2.38. The summed E-state index contributed by atoms with van der Waals surface area (Å²) in [6.07, 6.45) is -0.173. The molecule has 0 unspecified atom stereocenters. The van der Waals surface area contributed by atoms with E-state index >= 15 is 0 Å². The van der Waals surface area contributed by atoms with Gasteiger partial charge in [-0.1, -0.05) is 35.0 Å². The number of nitrogens with one attached hydrogen (secondary N) is 1. The zero-order chi connectivity index (χ0) is 19.4. The molecule has 2 aromatic carbocycles. The normalized spacial score (nSPS) is 10.7. The smallest absolute Gasteiger partial charge is 0.411 e. The number of ether oxygens (including phenoxy) is 1. The average molecular weight is 454 g/mol. The summed E-state index contributed by atoms with van der Waals surface area (Å²) in [5.41, 5.74) is 2.12. The Bertz CT molecular complexity index is 977. The van der Waals surface area contributed by atoms with Gasteiger partial charge in [-0.2, -0.15) is 0 Å². The minimum Gasteiger partial charge on any atom is -0.449 e. The van der Waals surface area contributed by atoms with Gasteiger partial charge >= 0.3 is 6.09 Å². The number of hydrogen-bond donors (Lipinski definition) is 1. The monoisotopic (exact) mass is 452 g/mol. The third-order valence-corrected chi connectivity index (χ3v) is 4.85. The quantitative estimate of drug-likeness (QED) is 0.515. The SMILES string of the molecule is Cc1noc(-c2ccc(Br)c(F)c2)c1NC(=O)OCCc1ccccc1Cl. The average Bonchev–Trinajstić information content (AvgIpc) is 3.00. The molecule has 0 saturated carbocycles. The van der Waals surface area contributed by atoms with E-state index in [4.69, 9.17) is 20.9 Å². The summed E-state index contributed by atoms with van der Waals surface area (Å²) in [4.78, 5) is 12.1. The first-order valence-corrected chi connectivity index (χ1v) is 9.21. The number of halogens is 3. The van der Waals surface area contributed by atoms with Crippen molar-refractivity contribution in [3.05, 3.63) is 69.0 Å². The Kier molecular flexibility index (Phi) is 6.13. The fourth-order valence-electron chi connectivity index (χ4n) is 2.44. The van der Waals surface area contributed by atoms with E-state index in [1.807, 2.05) is 18.2 Å². The second kappa shape index (κ2) is 8.54. The lowest BCUT2D eigenvalue weighted by Crippen LogP contribution is -2.16. The number of hydrogen-bond acceptors (Lipinski definition) is 4. The van der Waals surface area contributed by atoms with E-state index in [1.165, 1.54) is 6.07 Å². The van der Waals surface area contributed by atoms with Gasteiger partial charge in [0.05, 0.1) is 11.1 Å². The first-order chi connectivity index (χ1) is 13.0. The van der Waals surface area contributed by atoms with Gasteiger partial charge in [-0.05, 0) is 52.7 Å². The number of benzene rings is 2. The van der Waals surface area contributed by atoms with Gasteiger partial charge in [-0.25, -0.2) is 9.18 Å². The first kappa shape index (κ1) is 19.4. The molecule has 3 aromatic rings. The lowest BCUT2D eigenvalue weighted by atomic mass is 10.1. The molecule has 8 heteroatoms. The van der Waals surface area contributed by atoms with Gasteiger partial charge in [0.2, 0.25) is 0 Å². The van der Waals surface area contributed by atoms with E-state index in [-0.39, 0.29) is 12.4 Å². The Morgan fingerprint density at radius 3 is 2.85 bits per heavy atom. The van der Waals surface area contributed by atoms with Crippen LogP contribution in [0.15, 0.2) is 51.5 Å². The summed E-state index contributed by atoms with van der Waals surface area (Å²) in [6.45, 7) is 1.82. The zero-order valence-electron chi connectivity index (χ0n) is 14.3. The van der Waals surface area contributed by atoms with Crippen molar-refractivity contribution < 1.29 is 18.4 Å². The Labute approximate surface area is 168 Å². The number of aromatic nitrogens is 1. The maximum Gasteiger partial charge on any atom is 0.411 e. The standard InChI is InChI=1S/C19H15BrClFN2O3/c1-11-17(18(27-24-11)13-6-7-14(20)16(22)10-13)23-19(25)26-9-8-12-4-2-3-5-15(12)21/h2-7,10H,8-9H2,1H3,(H,23,25). The van der Waals surface area contributed by atoms with E-state index in [9.17, 15) is 9.18 Å². The molecule has 27 heavy (non-hydrogen) atoms. The summed E-state index contributed by atoms with van der Waals surface area (Å²) in [7, 11) is 0. The third kappa shape index (κ3) is 4.67. The molecule has 0 saturated heterocycles. The molecule has 5 nitrogen and oxygen atoms in total. The van der Waals surface area contributed by atoms with Crippen LogP contribution < -0.4 is 5.32 Å². The molecule has 0 spiro atoms. The van der Waals surface area contributed by atoms with Crippen LogP contribution in [0.4, 0.5) is 14.9 Å². The Morgan fingerprint density at radius 2 is 2.11 bits per heavy atom. The van der Waals surface area contributed by atoms with Crippen molar-refractivity contribution in [3.63, 3.8) is 0 Å². The van der Waals surface area contributed by atoms with Crippen LogP contribution in [0.5, 0.6) is 0 Å². The second-order valence-corrected chi connectivity index (χ2v) is 6.96. The fourth-order valence-corrected chi connectivity index (χ4v) is 2.92. The maximum atomic E-state index is 13.8. The van der Waals surface area contributed by atoms with Crippen LogP contribution in [0.2, 0.25) is 5.02 Å². The van der Waals surface area contributed by atoms with Gasteiger partial charge in [0, 0.05) is 17.0 Å². The summed E-state index contributed by atoms with van der Waals surface area (Å²) >= 11 is 9.18. The van der Waals surface area contributed by atoms with E-state index in [0.29, 0.717) is 32.9 Å². The minimum atomic E-state index is -0.660. The summed E-state index contributed by atoms with van der Waals surface area (Å²) in [5, 5.41) is 7.07. The van der Waals surface area contributed by atoms with Crippen LogP contribution in [0.25, 0.3) is 11.3 Å². The molecule has 0 fully saturated rings. The van der Waals surface area contributed by atoms with Crippen molar-refractivity contribution >= 4 is 39.3 Å². The van der Waals surface area contributed by atoms with E-state index in [2.05, 4.69) is 26.4 Å². The number of aryl methyl sites for hydroxylation is 1. The molecule has 1 aromatic heterocycles. The number of carbonyl (C=O) groups is 1. The number of anilines is 1.